The molecule has 0 aromatic heterocycles. The van der Waals surface area contributed by atoms with E-state index < -0.39 is 12.0 Å². The fourth-order valence-electron chi connectivity index (χ4n) is 0.642. The average molecular weight is 175 g/mol. The van der Waals surface area contributed by atoms with E-state index in [0.29, 0.717) is 0 Å². The second kappa shape index (κ2) is 5.93. The van der Waals surface area contributed by atoms with E-state index in [0.717, 1.165) is 13.1 Å². The molecule has 0 fully saturated rings. The van der Waals surface area contributed by atoms with Gasteiger partial charge in [0.25, 0.3) is 0 Å². The van der Waals surface area contributed by atoms with Crippen molar-refractivity contribution >= 4 is 5.91 Å². The summed E-state index contributed by atoms with van der Waals surface area (Å²) in [7, 11) is 3.90. The van der Waals surface area contributed by atoms with E-state index in [1.54, 1.807) is 0 Å². The number of rotatable bonds is 6. The number of hydrogen-bond acceptors (Lipinski definition) is 4. The number of carbonyl (C=O) groups excluding carboxylic acids is 1. The van der Waals surface area contributed by atoms with Gasteiger partial charge in [0.05, 0.1) is 0 Å². The normalized spacial score (nSPS) is 13.3. The largest absolute Gasteiger partial charge is 0.382 e. The Labute approximate surface area is 72.5 Å². The molecule has 1 unspecified atom stereocenters. The Morgan fingerprint density at radius 1 is 1.67 bits per heavy atom. The highest BCUT2D eigenvalue weighted by molar-refractivity contribution is 5.78. The Kier molecular flexibility index (Phi) is 5.61. The number of primary amides is 1. The van der Waals surface area contributed by atoms with Crippen LogP contribution < -0.4 is 11.1 Å². The molecule has 5 heteroatoms. The molecule has 0 spiro atoms. The maximum absolute atomic E-state index is 10.3. The first-order valence-electron chi connectivity index (χ1n) is 3.87. The van der Waals surface area contributed by atoms with Crippen LogP contribution in [-0.4, -0.2) is 55.7 Å². The third-order valence-electron chi connectivity index (χ3n) is 1.40. The van der Waals surface area contributed by atoms with Gasteiger partial charge in [-0.1, -0.05) is 0 Å². The van der Waals surface area contributed by atoms with Crippen molar-refractivity contribution in [3.8, 4) is 0 Å². The van der Waals surface area contributed by atoms with Gasteiger partial charge in [0.15, 0.2) is 0 Å². The molecule has 1 amide bonds. The summed E-state index contributed by atoms with van der Waals surface area (Å²) in [5.41, 5.74) is 4.84. The second-order valence-electron chi connectivity index (χ2n) is 2.93. The minimum Gasteiger partial charge on any atom is -0.382 e. The van der Waals surface area contributed by atoms with E-state index >= 15 is 0 Å². The molecule has 0 bridgehead atoms. The molecule has 1 atom stereocenters. The van der Waals surface area contributed by atoms with Gasteiger partial charge in [-0.2, -0.15) is 0 Å². The molecule has 0 aliphatic rings. The van der Waals surface area contributed by atoms with Crippen molar-refractivity contribution in [2.24, 2.45) is 5.73 Å². The maximum atomic E-state index is 10.3. The lowest BCUT2D eigenvalue weighted by atomic mass is 10.3. The first kappa shape index (κ1) is 11.4. The van der Waals surface area contributed by atoms with E-state index in [9.17, 15) is 4.79 Å². The Hall–Kier alpha value is -0.650. The van der Waals surface area contributed by atoms with Gasteiger partial charge in [-0.3, -0.25) is 4.79 Å². The first-order valence-corrected chi connectivity index (χ1v) is 3.87. The highest BCUT2D eigenvalue weighted by Crippen LogP contribution is 1.77. The highest BCUT2D eigenvalue weighted by Gasteiger charge is 2.08. The SMILES string of the molecule is CN(C)CCNCC(O)C(N)=O. The lowest BCUT2D eigenvalue weighted by Gasteiger charge is -2.11. The number of nitrogens with two attached hydrogens (primary N) is 1. The van der Waals surface area contributed by atoms with Crippen molar-refractivity contribution in [2.75, 3.05) is 33.7 Å². The summed E-state index contributed by atoms with van der Waals surface area (Å²) < 4.78 is 0. The van der Waals surface area contributed by atoms with Crippen LogP contribution in [0.15, 0.2) is 0 Å². The molecule has 0 aliphatic carbocycles. The van der Waals surface area contributed by atoms with E-state index in [4.69, 9.17) is 10.8 Å². The van der Waals surface area contributed by atoms with Crippen molar-refractivity contribution in [1.82, 2.24) is 10.2 Å². The fraction of sp³-hybridized carbons (Fsp3) is 0.857. The van der Waals surface area contributed by atoms with E-state index in [1.807, 2.05) is 19.0 Å². The molecule has 12 heavy (non-hydrogen) atoms. The number of amides is 1. The van der Waals surface area contributed by atoms with Crippen LogP contribution in [0, 0.1) is 0 Å². The number of nitrogens with one attached hydrogen (secondary N) is 1. The monoisotopic (exact) mass is 175 g/mol. The Morgan fingerprint density at radius 2 is 2.25 bits per heavy atom. The van der Waals surface area contributed by atoms with Crippen LogP contribution in [0.3, 0.4) is 0 Å². The molecule has 72 valence electrons. The maximum Gasteiger partial charge on any atom is 0.247 e. The number of carbonyl (C=O) groups is 1. The molecule has 0 rings (SSSR count). The minimum atomic E-state index is -1.08. The zero-order valence-electron chi connectivity index (χ0n) is 7.58. The fourth-order valence-corrected chi connectivity index (χ4v) is 0.642. The molecule has 4 N–H and O–H groups in total. The third kappa shape index (κ3) is 6.09. The predicted molar refractivity (Wildman–Crippen MR) is 46.6 cm³/mol. The zero-order chi connectivity index (χ0) is 9.56. The van der Waals surface area contributed by atoms with E-state index in [2.05, 4.69) is 5.32 Å². The topological polar surface area (TPSA) is 78.6 Å². The predicted octanol–water partition coefficient (Wildman–Crippen LogP) is -2.02. The Morgan fingerprint density at radius 3 is 2.67 bits per heavy atom. The number of aliphatic hydroxyl groups is 1. The molecule has 0 heterocycles. The van der Waals surface area contributed by atoms with Gasteiger partial charge in [0, 0.05) is 19.6 Å². The molecular formula is C7H17N3O2. The first-order chi connectivity index (χ1) is 5.54. The molecule has 0 saturated heterocycles. The number of nitrogens with zero attached hydrogens (tertiary/aromatic N) is 1. The van der Waals surface area contributed by atoms with Crippen LogP contribution in [0.1, 0.15) is 0 Å². The van der Waals surface area contributed by atoms with Crippen LogP contribution >= 0.6 is 0 Å². The average Bonchev–Trinajstić information content (AvgIpc) is 1.97. The molecule has 5 nitrogen and oxygen atoms in total. The van der Waals surface area contributed by atoms with Crippen molar-refractivity contribution in [3.05, 3.63) is 0 Å². The molecule has 0 saturated carbocycles. The standard InChI is InChI=1S/C7H17N3O2/c1-10(2)4-3-9-5-6(11)7(8)12/h6,9,11H,3-5H2,1-2H3,(H2,8,12). The summed E-state index contributed by atoms with van der Waals surface area (Å²) in [4.78, 5) is 12.4. The van der Waals surface area contributed by atoms with Crippen molar-refractivity contribution in [2.45, 2.75) is 6.10 Å². The quantitative estimate of drug-likeness (QED) is 0.407. The number of hydrogen-bond donors (Lipinski definition) is 3. The van der Waals surface area contributed by atoms with Gasteiger partial charge < -0.3 is 21.1 Å². The van der Waals surface area contributed by atoms with Crippen LogP contribution in [-0.2, 0) is 4.79 Å². The van der Waals surface area contributed by atoms with E-state index in [1.165, 1.54) is 0 Å². The van der Waals surface area contributed by atoms with Gasteiger partial charge in [-0.25, -0.2) is 0 Å². The minimum absolute atomic E-state index is 0.225. The van der Waals surface area contributed by atoms with Crippen molar-refractivity contribution in [3.63, 3.8) is 0 Å². The van der Waals surface area contributed by atoms with Gasteiger partial charge in [0.2, 0.25) is 5.91 Å². The number of aliphatic hydroxyl groups excluding tert-OH is 1. The van der Waals surface area contributed by atoms with Gasteiger partial charge >= 0.3 is 0 Å². The van der Waals surface area contributed by atoms with Crippen molar-refractivity contribution in [1.29, 1.82) is 0 Å². The molecular weight excluding hydrogens is 158 g/mol. The summed E-state index contributed by atoms with van der Waals surface area (Å²) in [6.45, 7) is 1.83. The Bertz CT molecular complexity index is 139. The molecule has 0 aromatic carbocycles. The van der Waals surface area contributed by atoms with E-state index in [-0.39, 0.29) is 6.54 Å². The summed E-state index contributed by atoms with van der Waals surface area (Å²) >= 11 is 0. The van der Waals surface area contributed by atoms with Crippen LogP contribution in [0.2, 0.25) is 0 Å². The lowest BCUT2D eigenvalue weighted by molar-refractivity contribution is -0.125. The zero-order valence-corrected chi connectivity index (χ0v) is 7.58. The van der Waals surface area contributed by atoms with Gasteiger partial charge in [-0.05, 0) is 14.1 Å². The summed E-state index contributed by atoms with van der Waals surface area (Å²) in [6, 6.07) is 0. The lowest BCUT2D eigenvalue weighted by Crippen LogP contribution is -2.39. The van der Waals surface area contributed by atoms with Gasteiger partial charge in [-0.15, -0.1) is 0 Å². The highest BCUT2D eigenvalue weighted by atomic mass is 16.3. The summed E-state index contributed by atoms with van der Waals surface area (Å²) in [5.74, 6) is -0.688. The van der Waals surface area contributed by atoms with Crippen LogP contribution in [0.5, 0.6) is 0 Å². The third-order valence-corrected chi connectivity index (χ3v) is 1.40. The molecule has 0 aromatic rings. The van der Waals surface area contributed by atoms with Gasteiger partial charge in [0.1, 0.15) is 6.10 Å². The second-order valence-corrected chi connectivity index (χ2v) is 2.93. The van der Waals surface area contributed by atoms with Crippen molar-refractivity contribution < 1.29 is 9.90 Å². The molecule has 0 radical (unpaired) electrons. The van der Waals surface area contributed by atoms with Crippen LogP contribution in [0.4, 0.5) is 0 Å². The Balaban J connectivity index is 3.25. The van der Waals surface area contributed by atoms with Crippen LogP contribution in [0.25, 0.3) is 0 Å². The summed E-state index contributed by atoms with van der Waals surface area (Å²) in [6.07, 6.45) is -1.08. The summed E-state index contributed by atoms with van der Waals surface area (Å²) in [5, 5.41) is 11.8. The smallest absolute Gasteiger partial charge is 0.247 e. The molecule has 0 aliphatic heterocycles. The number of likely N-dealkylation sites (N-methyl/N-ethyl adjacent to an activating group) is 1.